The van der Waals surface area contributed by atoms with Crippen molar-refractivity contribution in [3.63, 3.8) is 0 Å². The SMILES string of the molecule is O=CCNCC(NCC=O)C(=O)[C@H](Cc1cnc[nH]1)NN[C@@H](CCC(=O)O)C(=O)C(CNCC=O)(CC(CNCC=O)(NCC=O)N[C@@H](CCC(=O)O)C(=O)N[C@@H](Cc1cnc[nH]1)C(=O)C(CNCC=O)NCC=O)NCC=O. The van der Waals surface area contributed by atoms with Gasteiger partial charge in [0.15, 0.2) is 17.3 Å². The van der Waals surface area contributed by atoms with Crippen LogP contribution in [0.5, 0.6) is 0 Å². The van der Waals surface area contributed by atoms with Crippen LogP contribution in [0.2, 0.25) is 0 Å². The molecule has 16 N–H and O–H groups in total. The highest BCUT2D eigenvalue weighted by atomic mass is 16.4. The summed E-state index contributed by atoms with van der Waals surface area (Å²) in [7, 11) is 0. The average molecular weight is 1120 g/mol. The number of hydrazine groups is 1. The van der Waals surface area contributed by atoms with Gasteiger partial charge in [0.2, 0.25) is 5.91 Å². The quantitative estimate of drug-likeness (QED) is 0.0127. The van der Waals surface area contributed by atoms with Crippen LogP contribution in [0.25, 0.3) is 0 Å². The van der Waals surface area contributed by atoms with E-state index in [2.05, 4.69) is 84.0 Å². The number of H-pyrrole nitrogens is 2. The van der Waals surface area contributed by atoms with E-state index in [4.69, 9.17) is 0 Å². The highest BCUT2D eigenvalue weighted by Gasteiger charge is 2.49. The fourth-order valence-corrected chi connectivity index (χ4v) is 8.35. The summed E-state index contributed by atoms with van der Waals surface area (Å²) in [6.45, 7) is -4.41. The second-order valence-corrected chi connectivity index (χ2v) is 17.7. The molecule has 0 aliphatic rings. The molecule has 0 aromatic carbocycles. The molecule has 0 saturated carbocycles. The number of carbonyl (C=O) groups excluding carboxylic acids is 12. The number of hydrogen-bond donors (Lipinski definition) is 16. The number of carboxylic acids is 2. The van der Waals surface area contributed by atoms with E-state index in [9.17, 15) is 72.5 Å². The van der Waals surface area contributed by atoms with Crippen LogP contribution in [0.3, 0.4) is 0 Å². The zero-order valence-corrected chi connectivity index (χ0v) is 43.3. The van der Waals surface area contributed by atoms with E-state index in [1.165, 1.54) is 25.0 Å². The van der Waals surface area contributed by atoms with Crippen LogP contribution >= 0.6 is 0 Å². The Labute approximate surface area is 453 Å². The van der Waals surface area contributed by atoms with E-state index < -0.39 is 154 Å². The Morgan fingerprint density at radius 1 is 0.519 bits per heavy atom. The molecule has 0 aliphatic heterocycles. The fourth-order valence-electron chi connectivity index (χ4n) is 8.35. The summed E-state index contributed by atoms with van der Waals surface area (Å²) < 4.78 is 0. The van der Waals surface area contributed by atoms with Crippen molar-refractivity contribution in [2.24, 2.45) is 0 Å². The maximum Gasteiger partial charge on any atom is 0.303 e. The van der Waals surface area contributed by atoms with Gasteiger partial charge < -0.3 is 85.1 Å². The third-order valence-electron chi connectivity index (χ3n) is 11.9. The van der Waals surface area contributed by atoms with E-state index >= 15 is 4.79 Å². The Balaban J connectivity index is 2.95. The molecule has 0 saturated heterocycles. The van der Waals surface area contributed by atoms with Crippen molar-refractivity contribution < 1.29 is 77.3 Å². The number of Topliss-reactive ketones (excluding diaryl/α,β-unsaturated/α-hetero) is 3. The second kappa shape index (κ2) is 39.2. The standard InChI is InChI=1S/C47H72N16O16/c64-13-5-48-25-38(54-9-17-68)42(76)36(21-32-23-52-30-56-32)60-45(79)35(2-4-41(74)75)61-47(59-12-20-71,29-51-8-16-67)27-46(58-11-19-70,28-50-7-15-66)44(78)34(1-3-40(72)73)62-63-37(22-33-24-53-31-57-33)43(77)39(55-10-18-69)26-49-6-14-65/h13-20,23-24,30-31,34-39,48-51,54-55,58-59,61-63H,1-12,21-22,25-29H2,(H,52,56)(H,53,57)(H,60,79)(H,72,73)(H,74,75)/t34-,35-,36-,37-,38?,39?,46?,47?/m0/s1. The minimum Gasteiger partial charge on any atom is -0.481 e. The Morgan fingerprint density at radius 3 is 1.44 bits per heavy atom. The molecular weight excluding hydrogens is 1040 g/mol. The van der Waals surface area contributed by atoms with Crippen molar-refractivity contribution in [1.82, 2.24) is 84.0 Å². The minimum atomic E-state index is -2.23. The lowest BCUT2D eigenvalue weighted by Crippen LogP contribution is -2.75. The number of aromatic nitrogens is 4. The van der Waals surface area contributed by atoms with Gasteiger partial charge in [-0.15, -0.1) is 0 Å². The highest BCUT2D eigenvalue weighted by molar-refractivity contribution is 5.96. The van der Waals surface area contributed by atoms with Crippen molar-refractivity contribution in [3.05, 3.63) is 36.4 Å². The summed E-state index contributed by atoms with van der Waals surface area (Å²) in [4.78, 5) is 191. The molecule has 2 aromatic heterocycles. The van der Waals surface area contributed by atoms with Gasteiger partial charge in [-0.25, -0.2) is 20.8 Å². The molecule has 0 radical (unpaired) electrons. The van der Waals surface area contributed by atoms with Crippen molar-refractivity contribution >= 4 is 85.5 Å². The van der Waals surface area contributed by atoms with Gasteiger partial charge in [0.25, 0.3) is 0 Å². The maximum absolute atomic E-state index is 15.7. The molecule has 32 heteroatoms. The Hall–Kier alpha value is -7.24. The number of ketones is 3. The molecule has 0 fully saturated rings. The lowest BCUT2D eigenvalue weighted by molar-refractivity contribution is -0.138. The molecule has 0 spiro atoms. The zero-order chi connectivity index (χ0) is 58.3. The van der Waals surface area contributed by atoms with Crippen molar-refractivity contribution in [2.45, 2.75) is 92.4 Å². The van der Waals surface area contributed by atoms with Crippen LogP contribution in [-0.4, -0.2) is 242 Å². The van der Waals surface area contributed by atoms with E-state index in [1.807, 2.05) is 0 Å². The highest BCUT2D eigenvalue weighted by Crippen LogP contribution is 2.25. The van der Waals surface area contributed by atoms with Gasteiger partial charge in [-0.2, -0.15) is 0 Å². The first-order valence-corrected chi connectivity index (χ1v) is 25.0. The molecule has 8 atom stereocenters. The van der Waals surface area contributed by atoms with Crippen LogP contribution in [0.4, 0.5) is 0 Å². The first-order chi connectivity index (χ1) is 38.1. The van der Waals surface area contributed by atoms with Gasteiger partial charge in [0, 0.05) is 82.1 Å². The Kier molecular flexibility index (Phi) is 33.7. The maximum atomic E-state index is 15.7. The number of hydrogen-bond acceptors (Lipinski definition) is 27. The largest absolute Gasteiger partial charge is 0.481 e. The molecular formula is C47H72N16O16. The van der Waals surface area contributed by atoms with Gasteiger partial charge >= 0.3 is 11.9 Å². The Morgan fingerprint density at radius 2 is 0.962 bits per heavy atom. The smallest absolute Gasteiger partial charge is 0.303 e. The van der Waals surface area contributed by atoms with Crippen LogP contribution in [-0.2, 0) is 80.0 Å². The summed E-state index contributed by atoms with van der Waals surface area (Å²) in [6.07, 6.45) is 5.50. The van der Waals surface area contributed by atoms with E-state index in [0.717, 1.165) is 0 Å². The second-order valence-electron chi connectivity index (χ2n) is 17.7. The van der Waals surface area contributed by atoms with Gasteiger partial charge in [-0.1, -0.05) is 0 Å². The van der Waals surface area contributed by atoms with Crippen LogP contribution in [0.1, 0.15) is 43.5 Å². The van der Waals surface area contributed by atoms with Gasteiger partial charge in [0.1, 0.15) is 50.3 Å². The van der Waals surface area contributed by atoms with E-state index in [1.54, 1.807) is 0 Å². The van der Waals surface area contributed by atoms with Crippen LogP contribution < -0.4 is 64.0 Å². The zero-order valence-electron chi connectivity index (χ0n) is 43.3. The van der Waals surface area contributed by atoms with Gasteiger partial charge in [0.05, 0.1) is 112 Å². The summed E-state index contributed by atoms with van der Waals surface area (Å²) >= 11 is 0. The number of imidazole rings is 2. The Bertz CT molecular complexity index is 2240. The number of nitrogens with zero attached hydrogens (tertiary/aromatic N) is 2. The summed E-state index contributed by atoms with van der Waals surface area (Å²) in [5.41, 5.74) is 2.05. The molecule has 0 bridgehead atoms. The van der Waals surface area contributed by atoms with Crippen LogP contribution in [0, 0.1) is 0 Å². The number of nitrogens with one attached hydrogen (secondary N) is 14. The fraction of sp³-hybridized carbons (Fsp3) is 0.574. The predicted octanol–water partition coefficient (Wildman–Crippen LogP) is -8.50. The third-order valence-corrected chi connectivity index (χ3v) is 11.9. The number of carboxylic acid groups (broad SMARTS) is 2. The first-order valence-electron chi connectivity index (χ1n) is 25.0. The molecule has 4 unspecified atom stereocenters. The topological polar surface area (TPSA) is 481 Å². The number of rotatable bonds is 53. The lowest BCUT2D eigenvalue weighted by Gasteiger charge is -2.46. The monoisotopic (exact) mass is 1120 g/mol. The van der Waals surface area contributed by atoms with Gasteiger partial charge in [-0.3, -0.25) is 55.4 Å². The molecule has 32 nitrogen and oxygen atoms in total. The third kappa shape index (κ3) is 25.4. The first kappa shape index (κ1) is 67.9. The molecule has 2 heterocycles. The van der Waals surface area contributed by atoms with Crippen LogP contribution in [0.15, 0.2) is 25.0 Å². The molecule has 1 amide bonds. The van der Waals surface area contributed by atoms with E-state index in [0.29, 0.717) is 61.7 Å². The van der Waals surface area contributed by atoms with E-state index in [-0.39, 0.29) is 52.1 Å². The lowest BCUT2D eigenvalue weighted by atomic mass is 9.78. The predicted molar refractivity (Wildman–Crippen MR) is 276 cm³/mol. The molecule has 79 heavy (non-hydrogen) atoms. The molecule has 0 aliphatic carbocycles. The molecule has 2 aromatic rings. The minimum absolute atomic E-state index is 0.151. The number of aromatic amines is 2. The number of amides is 1. The van der Waals surface area contributed by atoms with Crippen molar-refractivity contribution in [2.75, 3.05) is 78.5 Å². The average Bonchev–Trinajstić information content (AvgIpc) is 4.18. The summed E-state index contributed by atoms with van der Waals surface area (Å²) in [6, 6.07) is -8.45. The summed E-state index contributed by atoms with van der Waals surface area (Å²) in [5, 5.41) is 48.1. The van der Waals surface area contributed by atoms with Crippen molar-refractivity contribution in [3.8, 4) is 0 Å². The number of aldehydes is 8. The number of carbonyl (C=O) groups is 14. The summed E-state index contributed by atoms with van der Waals surface area (Å²) in [5.74, 6) is -6.08. The molecule has 436 valence electrons. The molecule has 2 rings (SSSR count). The number of aliphatic carboxylic acids is 2. The normalized spacial score (nSPS) is 15.0. The van der Waals surface area contributed by atoms with Crippen molar-refractivity contribution in [1.29, 1.82) is 0 Å². The van der Waals surface area contributed by atoms with Gasteiger partial charge in [-0.05, 0) is 12.8 Å².